The van der Waals surface area contributed by atoms with Gasteiger partial charge in [-0.1, -0.05) is 48.7 Å². The normalized spacial score (nSPS) is 11.9. The van der Waals surface area contributed by atoms with Gasteiger partial charge in [0.25, 0.3) is 0 Å². The minimum Gasteiger partial charge on any atom is -0.396 e. The minimum absolute atomic E-state index is 0.332. The molecule has 0 bridgehead atoms. The Balaban J connectivity index is 0.000000356. The van der Waals surface area contributed by atoms with Crippen molar-refractivity contribution in [3.63, 3.8) is 0 Å². The molecule has 0 aliphatic rings. The quantitative estimate of drug-likeness (QED) is 0.845. The van der Waals surface area contributed by atoms with E-state index in [1.54, 1.807) is 12.1 Å². The van der Waals surface area contributed by atoms with E-state index in [2.05, 4.69) is 25.9 Å². The lowest BCUT2D eigenvalue weighted by atomic mass is 10.00. The Morgan fingerprint density at radius 2 is 1.63 bits per heavy atom. The Kier molecular flexibility index (Phi) is 11.4. The van der Waals surface area contributed by atoms with Gasteiger partial charge in [-0.05, 0) is 45.0 Å². The number of benzene rings is 1. The lowest BCUT2D eigenvalue weighted by Crippen LogP contribution is -2.22. The fourth-order valence-corrected chi connectivity index (χ4v) is 2.14. The van der Waals surface area contributed by atoms with E-state index in [1.165, 1.54) is 12.8 Å². The third-order valence-corrected chi connectivity index (χ3v) is 3.44. The zero-order chi connectivity index (χ0) is 14.7. The largest absolute Gasteiger partial charge is 0.396 e. The average Bonchev–Trinajstić information content (AvgIpc) is 2.34. The maximum atomic E-state index is 8.76. The molecule has 19 heavy (non-hydrogen) atoms. The Morgan fingerprint density at radius 3 is 1.95 bits per heavy atom. The summed E-state index contributed by atoms with van der Waals surface area (Å²) < 4.78 is 0. The van der Waals surface area contributed by atoms with Crippen LogP contribution >= 0.6 is 23.2 Å². The van der Waals surface area contributed by atoms with Crippen LogP contribution in [0.2, 0.25) is 10.0 Å². The van der Waals surface area contributed by atoms with Gasteiger partial charge >= 0.3 is 0 Å². The number of hydrogen-bond acceptors (Lipinski definition) is 2. The SMILES string of the molecule is CCC[C@@H](CCO)CN(C)C.Clc1ccccc1Cl. The van der Waals surface area contributed by atoms with Gasteiger partial charge in [-0.3, -0.25) is 0 Å². The second-order valence-corrected chi connectivity index (χ2v) is 5.66. The third-order valence-electron chi connectivity index (χ3n) is 2.68. The van der Waals surface area contributed by atoms with Crippen molar-refractivity contribution < 1.29 is 5.11 Å². The smallest absolute Gasteiger partial charge is 0.0592 e. The molecule has 0 saturated heterocycles. The summed E-state index contributed by atoms with van der Waals surface area (Å²) in [7, 11) is 4.17. The zero-order valence-corrected chi connectivity index (χ0v) is 13.6. The topological polar surface area (TPSA) is 23.5 Å². The first-order valence-electron chi connectivity index (χ1n) is 6.66. The van der Waals surface area contributed by atoms with Crippen molar-refractivity contribution in [2.24, 2.45) is 5.92 Å². The molecule has 1 atom stereocenters. The van der Waals surface area contributed by atoms with Crippen LogP contribution in [0.25, 0.3) is 0 Å². The summed E-state index contributed by atoms with van der Waals surface area (Å²) >= 11 is 11.2. The fraction of sp³-hybridized carbons (Fsp3) is 0.600. The molecule has 0 saturated carbocycles. The summed E-state index contributed by atoms with van der Waals surface area (Å²) in [5.74, 6) is 0.681. The summed E-state index contributed by atoms with van der Waals surface area (Å²) in [5.41, 5.74) is 0. The van der Waals surface area contributed by atoms with Crippen molar-refractivity contribution in [3.8, 4) is 0 Å². The predicted octanol–water partition coefficient (Wildman–Crippen LogP) is 4.34. The Hall–Kier alpha value is -0.280. The molecule has 1 N–H and O–H groups in total. The highest BCUT2D eigenvalue weighted by Crippen LogP contribution is 2.19. The molecule has 0 unspecified atom stereocenters. The molecule has 0 aromatic heterocycles. The lowest BCUT2D eigenvalue weighted by molar-refractivity contribution is 0.222. The number of rotatable bonds is 6. The van der Waals surface area contributed by atoms with Gasteiger partial charge in [0.05, 0.1) is 10.0 Å². The summed E-state index contributed by atoms with van der Waals surface area (Å²) in [6, 6.07) is 7.19. The van der Waals surface area contributed by atoms with Crippen LogP contribution in [0.4, 0.5) is 0 Å². The van der Waals surface area contributed by atoms with Crippen molar-refractivity contribution in [1.29, 1.82) is 0 Å². The van der Waals surface area contributed by atoms with Gasteiger partial charge in [0, 0.05) is 13.2 Å². The molecule has 0 radical (unpaired) electrons. The van der Waals surface area contributed by atoms with Crippen LogP contribution in [-0.2, 0) is 0 Å². The molecule has 0 spiro atoms. The first-order valence-corrected chi connectivity index (χ1v) is 7.42. The van der Waals surface area contributed by atoms with Gasteiger partial charge in [-0.2, -0.15) is 0 Å². The van der Waals surface area contributed by atoms with E-state index in [1.807, 2.05) is 12.1 Å². The summed E-state index contributed by atoms with van der Waals surface area (Å²) in [5, 5.41) is 9.97. The van der Waals surface area contributed by atoms with E-state index in [9.17, 15) is 0 Å². The monoisotopic (exact) mass is 305 g/mol. The average molecular weight is 306 g/mol. The van der Waals surface area contributed by atoms with Gasteiger partial charge in [0.2, 0.25) is 0 Å². The van der Waals surface area contributed by atoms with Gasteiger partial charge in [-0.25, -0.2) is 0 Å². The number of nitrogens with zero attached hydrogens (tertiary/aromatic N) is 1. The van der Waals surface area contributed by atoms with Crippen LogP contribution in [-0.4, -0.2) is 37.3 Å². The molecule has 0 aliphatic carbocycles. The van der Waals surface area contributed by atoms with E-state index in [0.29, 0.717) is 22.6 Å². The molecule has 1 aromatic rings. The van der Waals surface area contributed by atoms with Crippen LogP contribution < -0.4 is 0 Å². The number of hydrogen-bond donors (Lipinski definition) is 1. The molecule has 1 aromatic carbocycles. The van der Waals surface area contributed by atoms with Crippen molar-refractivity contribution in [2.75, 3.05) is 27.2 Å². The molecular formula is C15H25Cl2NO. The van der Waals surface area contributed by atoms with Crippen LogP contribution in [0, 0.1) is 5.92 Å². The number of aliphatic hydroxyl groups is 1. The molecule has 110 valence electrons. The minimum atomic E-state index is 0.332. The highest BCUT2D eigenvalue weighted by atomic mass is 35.5. The van der Waals surface area contributed by atoms with Crippen LogP contribution in [0.3, 0.4) is 0 Å². The van der Waals surface area contributed by atoms with Gasteiger partial charge in [0.1, 0.15) is 0 Å². The zero-order valence-electron chi connectivity index (χ0n) is 12.1. The third kappa shape index (κ3) is 10.2. The predicted molar refractivity (Wildman–Crippen MR) is 85.1 cm³/mol. The molecular weight excluding hydrogens is 281 g/mol. The van der Waals surface area contributed by atoms with E-state index < -0.39 is 0 Å². The number of halogens is 2. The van der Waals surface area contributed by atoms with Gasteiger partial charge < -0.3 is 10.0 Å². The maximum Gasteiger partial charge on any atom is 0.0592 e. The van der Waals surface area contributed by atoms with Crippen molar-refractivity contribution in [1.82, 2.24) is 4.90 Å². The summed E-state index contributed by atoms with van der Waals surface area (Å²) in [6.45, 7) is 3.63. The first kappa shape index (κ1) is 18.7. The van der Waals surface area contributed by atoms with E-state index in [-0.39, 0.29) is 0 Å². The van der Waals surface area contributed by atoms with Crippen LogP contribution in [0.15, 0.2) is 24.3 Å². The van der Waals surface area contributed by atoms with E-state index in [0.717, 1.165) is 13.0 Å². The highest BCUT2D eigenvalue weighted by molar-refractivity contribution is 6.41. The van der Waals surface area contributed by atoms with E-state index in [4.69, 9.17) is 28.3 Å². The highest BCUT2D eigenvalue weighted by Gasteiger charge is 2.07. The Labute approximate surface area is 127 Å². The standard InChI is InChI=1S/C9H21NO.C6H4Cl2/c1-4-5-9(6-7-11)8-10(2)3;7-5-3-1-2-4-6(5)8/h9,11H,4-8H2,1-3H3;1-4H/t9-;/m0./s1. The molecule has 2 nitrogen and oxygen atoms in total. The molecule has 0 fully saturated rings. The molecule has 1 rings (SSSR count). The lowest BCUT2D eigenvalue weighted by Gasteiger charge is -2.19. The Bertz CT molecular complexity index is 305. The number of aliphatic hydroxyl groups excluding tert-OH is 1. The van der Waals surface area contributed by atoms with Crippen molar-refractivity contribution in [2.45, 2.75) is 26.2 Å². The summed E-state index contributed by atoms with van der Waals surface area (Å²) in [6.07, 6.45) is 3.41. The fourth-order valence-electron chi connectivity index (χ4n) is 1.87. The molecule has 0 heterocycles. The molecule has 0 amide bonds. The second kappa shape index (κ2) is 11.5. The van der Waals surface area contributed by atoms with Crippen LogP contribution in [0.1, 0.15) is 26.2 Å². The van der Waals surface area contributed by atoms with E-state index >= 15 is 0 Å². The maximum absolute atomic E-state index is 8.76. The van der Waals surface area contributed by atoms with Gasteiger partial charge in [0.15, 0.2) is 0 Å². The first-order chi connectivity index (χ1) is 9.01. The Morgan fingerprint density at radius 1 is 1.11 bits per heavy atom. The molecule has 0 aliphatic heterocycles. The second-order valence-electron chi connectivity index (χ2n) is 4.84. The molecule has 4 heteroatoms. The van der Waals surface area contributed by atoms with Gasteiger partial charge in [-0.15, -0.1) is 0 Å². The van der Waals surface area contributed by atoms with Crippen molar-refractivity contribution >= 4 is 23.2 Å². The summed E-state index contributed by atoms with van der Waals surface area (Å²) in [4.78, 5) is 2.19. The van der Waals surface area contributed by atoms with Crippen molar-refractivity contribution in [3.05, 3.63) is 34.3 Å². The van der Waals surface area contributed by atoms with Crippen LogP contribution in [0.5, 0.6) is 0 Å².